The molecule has 1 aliphatic carbocycles. The molecule has 0 aliphatic heterocycles. The van der Waals surface area contributed by atoms with Gasteiger partial charge in [-0.3, -0.25) is 0 Å². The van der Waals surface area contributed by atoms with Gasteiger partial charge in [0.05, 0.1) is 16.3 Å². The zero-order chi connectivity index (χ0) is 24.6. The van der Waals surface area contributed by atoms with Gasteiger partial charge in [0, 0.05) is 16.7 Å². The molecule has 0 spiro atoms. The van der Waals surface area contributed by atoms with E-state index in [-0.39, 0.29) is 12.2 Å². The third-order valence-electron chi connectivity index (χ3n) is 6.02. The zero-order valence-electron chi connectivity index (χ0n) is 19.0. The second-order valence-electron chi connectivity index (χ2n) is 8.55. The van der Waals surface area contributed by atoms with E-state index >= 15 is 0 Å². The molecule has 0 amide bonds. The summed E-state index contributed by atoms with van der Waals surface area (Å²) in [6.07, 6.45) is 0.197. The topological polar surface area (TPSA) is 93.6 Å². The van der Waals surface area contributed by atoms with E-state index in [1.165, 1.54) is 11.3 Å². The number of aliphatic carboxylic acids is 1. The Morgan fingerprint density at radius 1 is 1.06 bits per heavy atom. The highest BCUT2D eigenvalue weighted by Crippen LogP contribution is 2.49. The van der Waals surface area contributed by atoms with Crippen LogP contribution in [0.3, 0.4) is 0 Å². The number of aromatic nitrogens is 1. The van der Waals surface area contributed by atoms with Crippen LogP contribution in [0.25, 0.3) is 21.8 Å². The van der Waals surface area contributed by atoms with Gasteiger partial charge >= 0.3 is 5.97 Å². The van der Waals surface area contributed by atoms with Crippen LogP contribution in [-0.2, 0) is 26.8 Å². The van der Waals surface area contributed by atoms with Crippen LogP contribution in [0, 0.1) is 6.92 Å². The van der Waals surface area contributed by atoms with Crippen molar-refractivity contribution >= 4 is 27.1 Å². The Bertz CT molecular complexity index is 1490. The summed E-state index contributed by atoms with van der Waals surface area (Å²) in [7, 11) is -3.62. The molecule has 0 bridgehead atoms. The third-order valence-corrected chi connectivity index (χ3v) is 9.39. The Labute approximate surface area is 207 Å². The van der Waals surface area contributed by atoms with Gasteiger partial charge in [-0.05, 0) is 25.0 Å². The number of nitrogens with zero attached hydrogens (tertiary/aromatic N) is 1. The van der Waals surface area contributed by atoms with Crippen molar-refractivity contribution in [1.29, 1.82) is 0 Å². The van der Waals surface area contributed by atoms with Crippen molar-refractivity contribution in [3.05, 3.63) is 94.4 Å². The number of sulfone groups is 1. The number of hydrogen-bond acceptors (Lipinski definition) is 6. The minimum Gasteiger partial charge on any atom is -0.482 e. The number of carboxylic acid groups (broad SMARTS) is 1. The number of thiazole rings is 1. The molecule has 4 aromatic rings. The van der Waals surface area contributed by atoms with E-state index in [9.17, 15) is 13.2 Å². The van der Waals surface area contributed by atoms with Gasteiger partial charge in [0.2, 0.25) is 0 Å². The van der Waals surface area contributed by atoms with Crippen molar-refractivity contribution in [2.24, 2.45) is 0 Å². The Hall–Kier alpha value is -3.49. The van der Waals surface area contributed by atoms with Crippen molar-refractivity contribution in [3.8, 4) is 27.6 Å². The monoisotopic (exact) mass is 505 g/mol. The lowest BCUT2D eigenvalue weighted by molar-refractivity contribution is -0.139. The highest BCUT2D eigenvalue weighted by Gasteiger charge is 2.38. The number of hydrogen-bond donors (Lipinski definition) is 1. The number of ether oxygens (including phenoxy) is 1. The SMILES string of the molecule is Cc1ccc(-c2nc3c(s2)C(S(=O)(=O)Cc2ccccc2)Cc2c(OCC(=O)O)cccc2-3)cc1. The van der Waals surface area contributed by atoms with E-state index < -0.39 is 27.7 Å². The molecule has 3 aromatic carbocycles. The largest absolute Gasteiger partial charge is 0.482 e. The minimum atomic E-state index is -3.62. The van der Waals surface area contributed by atoms with Crippen LogP contribution < -0.4 is 4.74 Å². The van der Waals surface area contributed by atoms with Gasteiger partial charge in [-0.25, -0.2) is 18.2 Å². The first-order valence-electron chi connectivity index (χ1n) is 11.1. The molecule has 1 aliphatic rings. The smallest absolute Gasteiger partial charge is 0.341 e. The van der Waals surface area contributed by atoms with Crippen LogP contribution in [0.5, 0.6) is 5.75 Å². The normalized spacial score (nSPS) is 14.7. The first-order chi connectivity index (χ1) is 16.8. The van der Waals surface area contributed by atoms with Crippen LogP contribution in [0.2, 0.25) is 0 Å². The van der Waals surface area contributed by atoms with Gasteiger partial charge < -0.3 is 9.84 Å². The molecular weight excluding hydrogens is 482 g/mol. The number of carbonyl (C=O) groups is 1. The molecule has 0 saturated carbocycles. The van der Waals surface area contributed by atoms with Gasteiger partial charge in [-0.2, -0.15) is 0 Å². The summed E-state index contributed by atoms with van der Waals surface area (Å²) >= 11 is 1.40. The van der Waals surface area contributed by atoms with Gasteiger partial charge in [0.25, 0.3) is 0 Å². The van der Waals surface area contributed by atoms with Crippen molar-refractivity contribution in [3.63, 3.8) is 0 Å². The molecule has 1 N–H and O–H groups in total. The van der Waals surface area contributed by atoms with Gasteiger partial charge in [0.15, 0.2) is 16.4 Å². The van der Waals surface area contributed by atoms with E-state index in [1.54, 1.807) is 24.3 Å². The van der Waals surface area contributed by atoms with E-state index in [4.69, 9.17) is 14.8 Å². The highest BCUT2D eigenvalue weighted by atomic mass is 32.2. The average Bonchev–Trinajstić information content (AvgIpc) is 3.28. The molecule has 0 saturated heterocycles. The van der Waals surface area contributed by atoms with Crippen molar-refractivity contribution in [2.45, 2.75) is 24.3 Å². The second-order valence-corrected chi connectivity index (χ2v) is 11.8. The van der Waals surface area contributed by atoms with E-state index in [0.717, 1.165) is 27.3 Å². The van der Waals surface area contributed by atoms with Crippen LogP contribution >= 0.6 is 11.3 Å². The zero-order valence-corrected chi connectivity index (χ0v) is 20.6. The molecule has 1 atom stereocenters. The minimum absolute atomic E-state index is 0.0941. The summed E-state index contributed by atoms with van der Waals surface area (Å²) in [5.41, 5.74) is 4.85. The maximum Gasteiger partial charge on any atom is 0.341 e. The molecule has 1 aromatic heterocycles. The quantitative estimate of drug-likeness (QED) is 0.358. The predicted molar refractivity (Wildman–Crippen MR) is 136 cm³/mol. The molecule has 1 unspecified atom stereocenters. The van der Waals surface area contributed by atoms with Gasteiger partial charge in [-0.1, -0.05) is 72.3 Å². The molecule has 35 heavy (non-hydrogen) atoms. The maximum atomic E-state index is 13.7. The van der Waals surface area contributed by atoms with Crippen LogP contribution in [0.15, 0.2) is 72.8 Å². The second kappa shape index (κ2) is 9.28. The first-order valence-corrected chi connectivity index (χ1v) is 13.6. The van der Waals surface area contributed by atoms with Crippen molar-refractivity contribution in [1.82, 2.24) is 4.98 Å². The van der Waals surface area contributed by atoms with E-state index in [0.29, 0.717) is 21.9 Å². The predicted octanol–water partition coefficient (Wildman–Crippen LogP) is 5.46. The number of benzene rings is 3. The van der Waals surface area contributed by atoms with Crippen LogP contribution in [0.1, 0.15) is 26.8 Å². The molecule has 8 heteroatoms. The Balaban J connectivity index is 1.64. The standard InChI is InChI=1S/C27H23NO5S2/c1-17-10-12-19(13-11-17)27-28-25-20-8-5-9-22(33-15-24(29)30)21(20)14-23(26(25)34-27)35(31,32)16-18-6-3-2-4-7-18/h2-13,23H,14-16H2,1H3,(H,29,30). The number of carboxylic acids is 1. The third kappa shape index (κ3) is 4.72. The van der Waals surface area contributed by atoms with Crippen LogP contribution in [0.4, 0.5) is 0 Å². The fraction of sp³-hybridized carbons (Fsp3) is 0.185. The number of fused-ring (bicyclic) bond motifs is 3. The lowest BCUT2D eigenvalue weighted by atomic mass is 9.92. The van der Waals surface area contributed by atoms with E-state index in [2.05, 4.69) is 0 Å². The van der Waals surface area contributed by atoms with Gasteiger partial charge in [0.1, 0.15) is 16.0 Å². The summed E-state index contributed by atoms with van der Waals surface area (Å²) < 4.78 is 33.0. The highest BCUT2D eigenvalue weighted by molar-refractivity contribution is 7.91. The molecule has 1 heterocycles. The first kappa shape index (κ1) is 23.3. The summed E-state index contributed by atoms with van der Waals surface area (Å²) in [5.74, 6) is -0.813. The summed E-state index contributed by atoms with van der Waals surface area (Å²) in [5, 5.41) is 9.04. The van der Waals surface area contributed by atoms with Crippen molar-refractivity contribution in [2.75, 3.05) is 6.61 Å². The summed E-state index contributed by atoms with van der Waals surface area (Å²) in [4.78, 5) is 16.7. The maximum absolute atomic E-state index is 13.7. The lowest BCUT2D eigenvalue weighted by Crippen LogP contribution is -2.22. The molecule has 178 valence electrons. The molecule has 6 nitrogen and oxygen atoms in total. The number of aryl methyl sites for hydroxylation is 1. The molecule has 5 rings (SSSR count). The number of rotatable bonds is 7. The van der Waals surface area contributed by atoms with E-state index in [1.807, 2.05) is 55.5 Å². The Kier molecular flexibility index (Phi) is 6.17. The van der Waals surface area contributed by atoms with Crippen LogP contribution in [-0.4, -0.2) is 31.1 Å². The van der Waals surface area contributed by atoms with Crippen molar-refractivity contribution < 1.29 is 23.1 Å². The molecule has 0 radical (unpaired) electrons. The fourth-order valence-corrected chi connectivity index (χ4v) is 7.68. The summed E-state index contributed by atoms with van der Waals surface area (Å²) in [6, 6.07) is 22.5. The Morgan fingerprint density at radius 2 is 1.80 bits per heavy atom. The Morgan fingerprint density at radius 3 is 2.51 bits per heavy atom. The molecule has 0 fully saturated rings. The van der Waals surface area contributed by atoms with Gasteiger partial charge in [-0.15, -0.1) is 11.3 Å². The fourth-order valence-electron chi connectivity index (χ4n) is 4.31. The lowest BCUT2D eigenvalue weighted by Gasteiger charge is -2.25. The summed E-state index contributed by atoms with van der Waals surface area (Å²) in [6.45, 7) is 1.51. The molecular formula is C27H23NO5S2. The average molecular weight is 506 g/mol.